The first-order valence-corrected chi connectivity index (χ1v) is 12.0. The lowest BCUT2D eigenvalue weighted by Crippen LogP contribution is -2.40. The highest BCUT2D eigenvalue weighted by Gasteiger charge is 2.48. The van der Waals surface area contributed by atoms with E-state index in [0.29, 0.717) is 29.4 Å². The first-order valence-electron chi connectivity index (χ1n) is 12.0. The summed E-state index contributed by atoms with van der Waals surface area (Å²) in [6.07, 6.45) is 6.78. The van der Waals surface area contributed by atoms with Crippen molar-refractivity contribution in [2.24, 2.45) is 5.92 Å². The fraction of sp³-hybridized carbons (Fsp3) is 0.346. The number of fused-ring (bicyclic) bond motifs is 1. The molecule has 4 aromatic rings. The quantitative estimate of drug-likeness (QED) is 0.420. The van der Waals surface area contributed by atoms with Gasteiger partial charge in [0.05, 0.1) is 54.0 Å². The maximum absolute atomic E-state index is 13.6. The number of amides is 1. The van der Waals surface area contributed by atoms with Crippen LogP contribution < -0.4 is 0 Å². The van der Waals surface area contributed by atoms with Crippen LogP contribution in [0.5, 0.6) is 0 Å². The van der Waals surface area contributed by atoms with Crippen molar-refractivity contribution in [1.29, 1.82) is 5.26 Å². The van der Waals surface area contributed by atoms with Crippen molar-refractivity contribution in [3.05, 3.63) is 72.1 Å². The summed E-state index contributed by atoms with van der Waals surface area (Å²) in [6, 6.07) is 13.8. The lowest BCUT2D eigenvalue weighted by molar-refractivity contribution is 0.00415. The lowest BCUT2D eigenvalue weighted by atomic mass is 9.78. The van der Waals surface area contributed by atoms with Crippen molar-refractivity contribution in [2.75, 3.05) is 6.54 Å². The molecule has 1 amide bonds. The molecule has 36 heavy (non-hydrogen) atoms. The Morgan fingerprint density at radius 1 is 1.25 bits per heavy atom. The van der Waals surface area contributed by atoms with E-state index in [4.69, 9.17) is 4.74 Å². The minimum Gasteiger partial charge on any atom is -0.441 e. The van der Waals surface area contributed by atoms with Crippen LogP contribution in [0.15, 0.2) is 55.0 Å². The van der Waals surface area contributed by atoms with Gasteiger partial charge in [-0.05, 0) is 68.0 Å². The SMILES string of the molecule is N#Cc1ccc2ncn(C[C@H]3CCC[C@]4(C3)CN(Cc3cn(-c5cccc(F)c5)nn3)C(=O)O4)c2c1. The number of hydrogen-bond donors (Lipinski definition) is 0. The third-order valence-corrected chi connectivity index (χ3v) is 7.12. The van der Waals surface area contributed by atoms with Gasteiger partial charge in [0, 0.05) is 6.54 Å². The number of benzene rings is 2. The Morgan fingerprint density at radius 3 is 3.03 bits per heavy atom. The van der Waals surface area contributed by atoms with E-state index in [1.807, 2.05) is 18.5 Å². The number of halogens is 1. The van der Waals surface area contributed by atoms with E-state index >= 15 is 0 Å². The molecule has 2 aromatic heterocycles. The highest BCUT2D eigenvalue weighted by atomic mass is 19.1. The third-order valence-electron chi connectivity index (χ3n) is 7.12. The van der Waals surface area contributed by atoms with Crippen molar-refractivity contribution in [1.82, 2.24) is 29.4 Å². The van der Waals surface area contributed by atoms with Crippen LogP contribution in [0.2, 0.25) is 0 Å². The molecule has 0 unspecified atom stereocenters. The predicted molar refractivity (Wildman–Crippen MR) is 127 cm³/mol. The first-order chi connectivity index (χ1) is 17.5. The number of carbonyl (C=O) groups excluding carboxylic acids is 1. The Bertz CT molecular complexity index is 1490. The van der Waals surface area contributed by atoms with Gasteiger partial charge in [0.15, 0.2) is 0 Å². The first kappa shape index (κ1) is 22.2. The zero-order chi connectivity index (χ0) is 24.7. The second kappa shape index (κ2) is 8.75. The zero-order valence-electron chi connectivity index (χ0n) is 19.5. The fourth-order valence-corrected chi connectivity index (χ4v) is 5.51. The molecule has 1 aliphatic heterocycles. The highest BCUT2D eigenvalue weighted by molar-refractivity contribution is 5.77. The minimum atomic E-state index is -0.521. The molecule has 2 atom stereocenters. The van der Waals surface area contributed by atoms with Crippen LogP contribution in [-0.2, 0) is 17.8 Å². The summed E-state index contributed by atoms with van der Waals surface area (Å²) in [5.41, 5.74) is 3.08. The van der Waals surface area contributed by atoms with Crippen molar-refractivity contribution in [3.63, 3.8) is 0 Å². The molecule has 9 nitrogen and oxygen atoms in total. The number of ether oxygens (including phenoxy) is 1. The molecular formula is C26H24FN7O2. The Labute approximate surface area is 206 Å². The Balaban J connectivity index is 1.14. The van der Waals surface area contributed by atoms with Gasteiger partial charge in [-0.3, -0.25) is 4.90 Å². The summed E-state index contributed by atoms with van der Waals surface area (Å²) in [6.45, 7) is 1.54. The molecule has 0 N–H and O–H groups in total. The largest absolute Gasteiger partial charge is 0.441 e. The Morgan fingerprint density at radius 2 is 2.17 bits per heavy atom. The molecule has 1 saturated heterocycles. The Hall–Kier alpha value is -4.26. The molecule has 1 saturated carbocycles. The molecule has 10 heteroatoms. The fourth-order valence-electron chi connectivity index (χ4n) is 5.51. The van der Waals surface area contributed by atoms with E-state index in [0.717, 1.165) is 43.3 Å². The Kier molecular flexibility index (Phi) is 5.40. The second-order valence-corrected chi connectivity index (χ2v) is 9.72. The summed E-state index contributed by atoms with van der Waals surface area (Å²) in [4.78, 5) is 18.9. The molecule has 1 spiro atoms. The minimum absolute atomic E-state index is 0.281. The molecule has 0 radical (unpaired) electrons. The van der Waals surface area contributed by atoms with Gasteiger partial charge in [-0.25, -0.2) is 18.9 Å². The van der Waals surface area contributed by atoms with Gasteiger partial charge in [-0.15, -0.1) is 5.10 Å². The van der Waals surface area contributed by atoms with Gasteiger partial charge in [-0.1, -0.05) is 11.3 Å². The van der Waals surface area contributed by atoms with Crippen molar-refractivity contribution in [2.45, 2.75) is 44.4 Å². The lowest BCUT2D eigenvalue weighted by Gasteiger charge is -2.36. The summed E-state index contributed by atoms with van der Waals surface area (Å²) < 4.78 is 23.1. The van der Waals surface area contributed by atoms with Crippen LogP contribution in [0, 0.1) is 23.1 Å². The monoisotopic (exact) mass is 485 g/mol. The summed E-state index contributed by atoms with van der Waals surface area (Å²) in [7, 11) is 0. The molecule has 2 aromatic carbocycles. The van der Waals surface area contributed by atoms with Crippen LogP contribution in [0.4, 0.5) is 9.18 Å². The summed E-state index contributed by atoms with van der Waals surface area (Å²) >= 11 is 0. The van der Waals surface area contributed by atoms with Crippen LogP contribution in [0.1, 0.15) is 36.9 Å². The van der Waals surface area contributed by atoms with Crippen molar-refractivity contribution >= 4 is 17.1 Å². The van der Waals surface area contributed by atoms with Gasteiger partial charge in [0.1, 0.15) is 17.1 Å². The molecular weight excluding hydrogens is 461 g/mol. The van der Waals surface area contributed by atoms with E-state index < -0.39 is 5.60 Å². The molecule has 2 aliphatic rings. The number of aromatic nitrogens is 5. The highest BCUT2D eigenvalue weighted by Crippen LogP contribution is 2.41. The van der Waals surface area contributed by atoms with E-state index in [2.05, 4.69) is 25.9 Å². The van der Waals surface area contributed by atoms with E-state index in [1.54, 1.807) is 29.3 Å². The predicted octanol–water partition coefficient (Wildman–Crippen LogP) is 4.21. The number of nitrogens with zero attached hydrogens (tertiary/aromatic N) is 7. The van der Waals surface area contributed by atoms with Crippen LogP contribution >= 0.6 is 0 Å². The average Bonchev–Trinajstić information content (AvgIpc) is 3.57. The number of rotatable bonds is 5. The van der Waals surface area contributed by atoms with Crippen LogP contribution in [0.3, 0.4) is 0 Å². The summed E-state index contributed by atoms with van der Waals surface area (Å²) in [5, 5.41) is 17.5. The zero-order valence-corrected chi connectivity index (χ0v) is 19.5. The molecule has 2 fully saturated rings. The van der Waals surface area contributed by atoms with E-state index in [9.17, 15) is 14.4 Å². The summed E-state index contributed by atoms with van der Waals surface area (Å²) in [5.74, 6) is -0.0286. The van der Waals surface area contributed by atoms with E-state index in [1.165, 1.54) is 16.8 Å². The van der Waals surface area contributed by atoms with Gasteiger partial charge in [0.2, 0.25) is 0 Å². The standard InChI is InChI=1S/C26H24FN7O2/c27-20-4-1-5-22(10-20)34-15-21(30-31-34)14-32-16-26(36-25(32)35)8-2-3-19(11-26)13-33-17-29-23-7-6-18(12-28)9-24(23)33/h1,4-7,9-10,15,17,19H,2-3,8,11,13-14,16H2/t19-,26-/m0/s1. The molecule has 0 bridgehead atoms. The number of carbonyl (C=O) groups is 1. The maximum Gasteiger partial charge on any atom is 0.410 e. The molecule has 3 heterocycles. The van der Waals surface area contributed by atoms with Crippen molar-refractivity contribution in [3.8, 4) is 11.8 Å². The second-order valence-electron chi connectivity index (χ2n) is 9.72. The number of imidazole rings is 1. The van der Waals surface area contributed by atoms with Gasteiger partial charge < -0.3 is 9.30 Å². The molecule has 182 valence electrons. The van der Waals surface area contributed by atoms with Crippen molar-refractivity contribution < 1.29 is 13.9 Å². The normalized spacial score (nSPS) is 21.7. The van der Waals surface area contributed by atoms with E-state index in [-0.39, 0.29) is 18.5 Å². The molecule has 1 aliphatic carbocycles. The number of hydrogen-bond acceptors (Lipinski definition) is 6. The average molecular weight is 486 g/mol. The van der Waals surface area contributed by atoms with Crippen LogP contribution in [0.25, 0.3) is 16.7 Å². The van der Waals surface area contributed by atoms with Gasteiger partial charge in [0.25, 0.3) is 0 Å². The molecule has 6 rings (SSSR count). The number of nitriles is 1. The van der Waals surface area contributed by atoms with Gasteiger partial charge >= 0.3 is 6.09 Å². The van der Waals surface area contributed by atoms with Crippen LogP contribution in [-0.4, -0.2) is 47.7 Å². The smallest absolute Gasteiger partial charge is 0.410 e. The van der Waals surface area contributed by atoms with Gasteiger partial charge in [-0.2, -0.15) is 5.26 Å². The maximum atomic E-state index is 13.6. The third kappa shape index (κ3) is 4.17. The topological polar surface area (TPSA) is 102 Å².